The first-order chi connectivity index (χ1) is 13.3. The van der Waals surface area contributed by atoms with E-state index in [-0.39, 0.29) is 30.7 Å². The van der Waals surface area contributed by atoms with E-state index in [1.54, 1.807) is 0 Å². The third kappa shape index (κ3) is 4.71. The van der Waals surface area contributed by atoms with Crippen molar-refractivity contribution in [2.24, 2.45) is 5.92 Å². The van der Waals surface area contributed by atoms with Crippen LogP contribution in [0.1, 0.15) is 34.3 Å². The number of alkyl halides is 3. The van der Waals surface area contributed by atoms with Gasteiger partial charge in [-0.1, -0.05) is 6.07 Å². The number of amides is 1. The van der Waals surface area contributed by atoms with Gasteiger partial charge in [0, 0.05) is 12.7 Å². The molecule has 1 saturated carbocycles. The van der Waals surface area contributed by atoms with Gasteiger partial charge in [-0.3, -0.25) is 4.79 Å². The Hall–Kier alpha value is -2.84. The number of carbonyl (C=O) groups is 1. The van der Waals surface area contributed by atoms with Crippen LogP contribution < -0.4 is 14.8 Å². The fourth-order valence-electron chi connectivity index (χ4n) is 2.58. The summed E-state index contributed by atoms with van der Waals surface area (Å²) in [4.78, 5) is 16.3. The fraction of sp³-hybridized carbons (Fsp3) is 0.368. The van der Waals surface area contributed by atoms with E-state index in [4.69, 9.17) is 9.47 Å². The van der Waals surface area contributed by atoms with Crippen LogP contribution in [0.25, 0.3) is 0 Å². The largest absolute Gasteiger partial charge is 0.494 e. The number of hydrogen-bond acceptors (Lipinski definition) is 4. The van der Waals surface area contributed by atoms with Gasteiger partial charge in [-0.25, -0.2) is 9.37 Å². The molecule has 0 unspecified atom stereocenters. The Morgan fingerprint density at radius 1 is 1.29 bits per heavy atom. The topological polar surface area (TPSA) is 60.5 Å². The zero-order valence-corrected chi connectivity index (χ0v) is 15.0. The molecule has 0 bridgehead atoms. The number of carbonyl (C=O) groups excluding carboxylic acids is 1. The van der Waals surface area contributed by atoms with Gasteiger partial charge in [-0.15, -0.1) is 0 Å². The van der Waals surface area contributed by atoms with Crippen LogP contribution >= 0.6 is 0 Å². The third-order valence-electron chi connectivity index (χ3n) is 4.27. The number of rotatable bonds is 7. The molecule has 2 aromatic rings. The Bertz CT molecular complexity index is 867. The molecule has 1 amide bonds. The molecule has 0 saturated heterocycles. The van der Waals surface area contributed by atoms with Gasteiger partial charge in [-0.05, 0) is 42.5 Å². The molecule has 9 heteroatoms. The number of nitrogens with zero attached hydrogens (tertiary/aromatic N) is 1. The Kier molecular flexibility index (Phi) is 5.71. The standard InChI is InChI=1S/C19H18F4N2O3/c1-27-15-5-4-12(8-14(15)20)9-25-17(26)16-13(19(21,22)23)6-7-24-18(16)28-10-11-2-3-11/h4-8,11H,2-3,9-10H2,1H3,(H,25,26). The maximum absolute atomic E-state index is 13.7. The molecule has 1 aliphatic rings. The van der Waals surface area contributed by atoms with Crippen LogP contribution in [0.4, 0.5) is 17.6 Å². The van der Waals surface area contributed by atoms with Crippen molar-refractivity contribution in [2.75, 3.05) is 13.7 Å². The zero-order chi connectivity index (χ0) is 20.3. The van der Waals surface area contributed by atoms with E-state index in [1.165, 1.54) is 19.2 Å². The summed E-state index contributed by atoms with van der Waals surface area (Å²) in [5.41, 5.74) is -1.44. The lowest BCUT2D eigenvalue weighted by molar-refractivity contribution is -0.138. The Morgan fingerprint density at radius 3 is 2.64 bits per heavy atom. The molecule has 150 valence electrons. The predicted molar refractivity (Wildman–Crippen MR) is 91.6 cm³/mol. The van der Waals surface area contributed by atoms with Crippen molar-refractivity contribution in [3.05, 3.63) is 53.0 Å². The van der Waals surface area contributed by atoms with Gasteiger partial charge in [0.2, 0.25) is 5.88 Å². The van der Waals surface area contributed by atoms with E-state index < -0.39 is 29.0 Å². The van der Waals surface area contributed by atoms with Crippen molar-refractivity contribution < 1.29 is 31.8 Å². The number of pyridine rings is 1. The van der Waals surface area contributed by atoms with E-state index in [9.17, 15) is 22.4 Å². The molecule has 1 N–H and O–H groups in total. The summed E-state index contributed by atoms with van der Waals surface area (Å²) in [7, 11) is 1.31. The maximum atomic E-state index is 13.7. The van der Waals surface area contributed by atoms with Gasteiger partial charge < -0.3 is 14.8 Å². The number of ether oxygens (including phenoxy) is 2. The van der Waals surface area contributed by atoms with E-state index in [2.05, 4.69) is 10.3 Å². The zero-order valence-electron chi connectivity index (χ0n) is 15.0. The van der Waals surface area contributed by atoms with Crippen molar-refractivity contribution >= 4 is 5.91 Å². The second-order valence-electron chi connectivity index (χ2n) is 6.44. The predicted octanol–water partition coefficient (Wildman–Crippen LogP) is 3.97. The van der Waals surface area contributed by atoms with E-state index in [0.717, 1.165) is 31.2 Å². The van der Waals surface area contributed by atoms with Crippen LogP contribution in [0.3, 0.4) is 0 Å². The second kappa shape index (κ2) is 8.04. The Balaban J connectivity index is 1.81. The smallest absolute Gasteiger partial charge is 0.417 e. The number of methoxy groups -OCH3 is 1. The summed E-state index contributed by atoms with van der Waals surface area (Å²) < 4.78 is 64.0. The molecule has 5 nitrogen and oxygen atoms in total. The third-order valence-corrected chi connectivity index (χ3v) is 4.27. The maximum Gasteiger partial charge on any atom is 0.417 e. The van der Waals surface area contributed by atoms with Crippen molar-refractivity contribution in [3.8, 4) is 11.6 Å². The van der Waals surface area contributed by atoms with Crippen molar-refractivity contribution in [3.63, 3.8) is 0 Å². The Morgan fingerprint density at radius 2 is 2.04 bits per heavy atom. The highest BCUT2D eigenvalue weighted by Crippen LogP contribution is 2.36. The molecule has 0 radical (unpaired) electrons. The molecule has 1 aromatic carbocycles. The van der Waals surface area contributed by atoms with Crippen LogP contribution in [0.5, 0.6) is 11.6 Å². The second-order valence-corrected chi connectivity index (χ2v) is 6.44. The molecule has 1 aliphatic carbocycles. The average Bonchev–Trinajstić information content (AvgIpc) is 3.48. The fourth-order valence-corrected chi connectivity index (χ4v) is 2.58. The highest BCUT2D eigenvalue weighted by atomic mass is 19.4. The summed E-state index contributed by atoms with van der Waals surface area (Å²) in [5.74, 6) is -1.70. The molecular weight excluding hydrogens is 380 g/mol. The first-order valence-corrected chi connectivity index (χ1v) is 8.59. The summed E-state index contributed by atoms with van der Waals surface area (Å²) in [5, 5.41) is 2.37. The van der Waals surface area contributed by atoms with Gasteiger partial charge in [0.05, 0.1) is 19.3 Å². The van der Waals surface area contributed by atoms with Crippen LogP contribution in [0.15, 0.2) is 30.5 Å². The summed E-state index contributed by atoms with van der Waals surface area (Å²) in [6.07, 6.45) is -1.92. The van der Waals surface area contributed by atoms with Crippen molar-refractivity contribution in [2.45, 2.75) is 25.6 Å². The van der Waals surface area contributed by atoms with Crippen LogP contribution in [0, 0.1) is 11.7 Å². The summed E-state index contributed by atoms with van der Waals surface area (Å²) in [6, 6.07) is 4.73. The lowest BCUT2D eigenvalue weighted by atomic mass is 10.1. The van der Waals surface area contributed by atoms with E-state index in [1.807, 2.05) is 0 Å². The number of aromatic nitrogens is 1. The minimum atomic E-state index is -4.75. The van der Waals surface area contributed by atoms with E-state index in [0.29, 0.717) is 5.56 Å². The monoisotopic (exact) mass is 398 g/mol. The highest BCUT2D eigenvalue weighted by molar-refractivity contribution is 5.98. The lowest BCUT2D eigenvalue weighted by Gasteiger charge is -2.16. The molecule has 1 heterocycles. The normalized spacial score (nSPS) is 13.9. The molecular formula is C19H18F4N2O3. The number of benzene rings is 1. The number of hydrogen-bond donors (Lipinski definition) is 1. The molecule has 0 atom stereocenters. The minimum absolute atomic E-state index is 0.0254. The van der Waals surface area contributed by atoms with Gasteiger partial charge in [-0.2, -0.15) is 13.2 Å². The van der Waals surface area contributed by atoms with Crippen LogP contribution in [-0.4, -0.2) is 24.6 Å². The SMILES string of the molecule is COc1ccc(CNC(=O)c2c(C(F)(F)F)ccnc2OCC2CC2)cc1F. The summed E-state index contributed by atoms with van der Waals surface area (Å²) in [6.45, 7) is 0.0340. The molecule has 0 aliphatic heterocycles. The van der Waals surface area contributed by atoms with Crippen molar-refractivity contribution in [1.29, 1.82) is 0 Å². The first kappa shape index (κ1) is 19.9. The average molecular weight is 398 g/mol. The highest BCUT2D eigenvalue weighted by Gasteiger charge is 2.38. The molecule has 28 heavy (non-hydrogen) atoms. The summed E-state index contributed by atoms with van der Waals surface area (Å²) >= 11 is 0. The van der Waals surface area contributed by atoms with Gasteiger partial charge >= 0.3 is 6.18 Å². The first-order valence-electron chi connectivity index (χ1n) is 8.59. The van der Waals surface area contributed by atoms with Gasteiger partial charge in [0.25, 0.3) is 5.91 Å². The number of nitrogens with one attached hydrogen (secondary N) is 1. The molecule has 3 rings (SSSR count). The number of halogens is 4. The van der Waals surface area contributed by atoms with Gasteiger partial charge in [0.15, 0.2) is 11.6 Å². The minimum Gasteiger partial charge on any atom is -0.494 e. The quantitative estimate of drug-likeness (QED) is 0.717. The van der Waals surface area contributed by atoms with Crippen LogP contribution in [0.2, 0.25) is 0 Å². The van der Waals surface area contributed by atoms with Crippen LogP contribution in [-0.2, 0) is 12.7 Å². The lowest BCUT2D eigenvalue weighted by Crippen LogP contribution is -2.27. The van der Waals surface area contributed by atoms with Crippen molar-refractivity contribution in [1.82, 2.24) is 10.3 Å². The molecule has 1 aromatic heterocycles. The molecule has 0 spiro atoms. The van der Waals surface area contributed by atoms with E-state index >= 15 is 0 Å². The van der Waals surface area contributed by atoms with Gasteiger partial charge in [0.1, 0.15) is 5.56 Å². The Labute approximate surface area is 158 Å². The molecule has 1 fully saturated rings.